The SMILES string of the molecule is COc1ccc(NC(=O)CN2CCC(CCN)C2)cc1. The van der Waals surface area contributed by atoms with Crippen molar-refractivity contribution in [3.8, 4) is 5.75 Å². The highest BCUT2D eigenvalue weighted by Gasteiger charge is 2.23. The summed E-state index contributed by atoms with van der Waals surface area (Å²) in [5, 5.41) is 2.91. The number of carbonyl (C=O) groups excluding carboxylic acids is 1. The summed E-state index contributed by atoms with van der Waals surface area (Å²) in [5.74, 6) is 1.46. The maximum atomic E-state index is 12.0. The van der Waals surface area contributed by atoms with Gasteiger partial charge < -0.3 is 15.8 Å². The van der Waals surface area contributed by atoms with Gasteiger partial charge >= 0.3 is 0 Å². The molecule has 1 fully saturated rings. The summed E-state index contributed by atoms with van der Waals surface area (Å²) < 4.78 is 5.09. The lowest BCUT2D eigenvalue weighted by molar-refractivity contribution is -0.117. The topological polar surface area (TPSA) is 67.6 Å². The van der Waals surface area contributed by atoms with E-state index in [2.05, 4.69) is 10.2 Å². The summed E-state index contributed by atoms with van der Waals surface area (Å²) >= 11 is 0. The largest absolute Gasteiger partial charge is 0.497 e. The minimum Gasteiger partial charge on any atom is -0.497 e. The van der Waals surface area contributed by atoms with Gasteiger partial charge in [0.1, 0.15) is 5.75 Å². The number of hydrogen-bond donors (Lipinski definition) is 2. The van der Waals surface area contributed by atoms with E-state index in [0.29, 0.717) is 12.5 Å². The minimum atomic E-state index is 0.0311. The smallest absolute Gasteiger partial charge is 0.238 e. The fourth-order valence-corrected chi connectivity index (χ4v) is 2.61. The van der Waals surface area contributed by atoms with Gasteiger partial charge in [0.25, 0.3) is 0 Å². The predicted octanol–water partition coefficient (Wildman–Crippen LogP) is 1.30. The average molecular weight is 277 g/mol. The lowest BCUT2D eigenvalue weighted by Gasteiger charge is -2.15. The Labute approximate surface area is 120 Å². The van der Waals surface area contributed by atoms with Crippen molar-refractivity contribution in [3.63, 3.8) is 0 Å². The van der Waals surface area contributed by atoms with Crippen LogP contribution in [0.25, 0.3) is 0 Å². The third-order valence-electron chi connectivity index (χ3n) is 3.69. The molecule has 1 aliphatic heterocycles. The summed E-state index contributed by atoms with van der Waals surface area (Å²) in [6, 6.07) is 7.36. The summed E-state index contributed by atoms with van der Waals surface area (Å²) in [7, 11) is 1.62. The van der Waals surface area contributed by atoms with Crippen molar-refractivity contribution in [1.29, 1.82) is 0 Å². The van der Waals surface area contributed by atoms with Crippen LogP contribution in [0.4, 0.5) is 5.69 Å². The molecule has 1 saturated heterocycles. The fraction of sp³-hybridized carbons (Fsp3) is 0.533. The van der Waals surface area contributed by atoms with Crippen LogP contribution in [0.15, 0.2) is 24.3 Å². The number of hydrogen-bond acceptors (Lipinski definition) is 4. The second-order valence-electron chi connectivity index (χ2n) is 5.24. The Balaban J connectivity index is 1.77. The number of likely N-dealkylation sites (tertiary alicyclic amines) is 1. The molecule has 110 valence electrons. The highest BCUT2D eigenvalue weighted by atomic mass is 16.5. The fourth-order valence-electron chi connectivity index (χ4n) is 2.61. The van der Waals surface area contributed by atoms with Crippen LogP contribution in [0.1, 0.15) is 12.8 Å². The summed E-state index contributed by atoms with van der Waals surface area (Å²) in [6.07, 6.45) is 2.20. The van der Waals surface area contributed by atoms with Gasteiger partial charge in [-0.05, 0) is 56.1 Å². The highest BCUT2D eigenvalue weighted by molar-refractivity contribution is 5.92. The number of methoxy groups -OCH3 is 1. The second-order valence-corrected chi connectivity index (χ2v) is 5.24. The molecule has 1 aliphatic rings. The molecule has 1 heterocycles. The predicted molar refractivity (Wildman–Crippen MR) is 79.8 cm³/mol. The van der Waals surface area contributed by atoms with Crippen LogP contribution in [0, 0.1) is 5.92 Å². The second kappa shape index (κ2) is 7.26. The Hall–Kier alpha value is -1.59. The van der Waals surface area contributed by atoms with Gasteiger partial charge in [-0.3, -0.25) is 9.69 Å². The molecule has 0 saturated carbocycles. The van der Waals surface area contributed by atoms with Gasteiger partial charge in [0.05, 0.1) is 13.7 Å². The van der Waals surface area contributed by atoms with Gasteiger partial charge in [0.2, 0.25) is 5.91 Å². The molecule has 2 rings (SSSR count). The molecule has 20 heavy (non-hydrogen) atoms. The van der Waals surface area contributed by atoms with E-state index in [9.17, 15) is 4.79 Å². The van der Waals surface area contributed by atoms with Crippen LogP contribution in [0.3, 0.4) is 0 Å². The molecule has 3 N–H and O–H groups in total. The summed E-state index contributed by atoms with van der Waals surface area (Å²) in [6.45, 7) is 3.15. The molecule has 0 bridgehead atoms. The summed E-state index contributed by atoms with van der Waals surface area (Å²) in [4.78, 5) is 14.2. The number of nitrogens with zero attached hydrogens (tertiary/aromatic N) is 1. The van der Waals surface area contributed by atoms with E-state index in [0.717, 1.165) is 43.9 Å². The molecule has 5 nitrogen and oxygen atoms in total. The molecule has 0 aromatic heterocycles. The van der Waals surface area contributed by atoms with Crippen LogP contribution < -0.4 is 15.8 Å². The van der Waals surface area contributed by atoms with Crippen molar-refractivity contribution < 1.29 is 9.53 Å². The van der Waals surface area contributed by atoms with Crippen LogP contribution in [0.2, 0.25) is 0 Å². The number of anilines is 1. The van der Waals surface area contributed by atoms with E-state index < -0.39 is 0 Å². The van der Waals surface area contributed by atoms with Gasteiger partial charge in [-0.1, -0.05) is 0 Å². The van der Waals surface area contributed by atoms with E-state index in [1.165, 1.54) is 0 Å². The molecule has 1 unspecified atom stereocenters. The number of nitrogens with two attached hydrogens (primary N) is 1. The monoisotopic (exact) mass is 277 g/mol. The zero-order valence-electron chi connectivity index (χ0n) is 12.0. The van der Waals surface area contributed by atoms with E-state index in [1.54, 1.807) is 7.11 Å². The number of rotatable bonds is 6. The molecule has 1 aromatic carbocycles. The molecule has 1 amide bonds. The quantitative estimate of drug-likeness (QED) is 0.822. The third kappa shape index (κ3) is 4.21. The van der Waals surface area contributed by atoms with Gasteiger partial charge in [-0.2, -0.15) is 0 Å². The first-order valence-electron chi connectivity index (χ1n) is 7.07. The number of benzene rings is 1. The first-order valence-corrected chi connectivity index (χ1v) is 7.07. The van der Waals surface area contributed by atoms with Crippen molar-refractivity contribution in [2.45, 2.75) is 12.8 Å². The van der Waals surface area contributed by atoms with E-state index in [1.807, 2.05) is 24.3 Å². The van der Waals surface area contributed by atoms with Gasteiger partial charge in [0, 0.05) is 12.2 Å². The Bertz CT molecular complexity index is 433. The minimum absolute atomic E-state index is 0.0311. The van der Waals surface area contributed by atoms with E-state index >= 15 is 0 Å². The first kappa shape index (κ1) is 14.8. The Morgan fingerprint density at radius 2 is 2.20 bits per heavy atom. The van der Waals surface area contributed by atoms with Crippen LogP contribution in [0.5, 0.6) is 5.75 Å². The molecule has 1 aromatic rings. The van der Waals surface area contributed by atoms with Crippen molar-refractivity contribution in [2.75, 3.05) is 38.6 Å². The average Bonchev–Trinajstić information content (AvgIpc) is 2.87. The van der Waals surface area contributed by atoms with Crippen molar-refractivity contribution in [3.05, 3.63) is 24.3 Å². The molecule has 5 heteroatoms. The normalized spacial score (nSPS) is 19.0. The lowest BCUT2D eigenvalue weighted by Crippen LogP contribution is -2.31. The lowest BCUT2D eigenvalue weighted by atomic mass is 10.1. The van der Waals surface area contributed by atoms with Crippen LogP contribution in [-0.4, -0.2) is 44.1 Å². The van der Waals surface area contributed by atoms with Crippen LogP contribution in [-0.2, 0) is 4.79 Å². The molecule has 0 radical (unpaired) electrons. The van der Waals surface area contributed by atoms with Crippen LogP contribution >= 0.6 is 0 Å². The Morgan fingerprint density at radius 3 is 2.85 bits per heavy atom. The van der Waals surface area contributed by atoms with Gasteiger partial charge in [-0.25, -0.2) is 0 Å². The molecular weight excluding hydrogens is 254 g/mol. The summed E-state index contributed by atoms with van der Waals surface area (Å²) in [5.41, 5.74) is 6.37. The zero-order valence-corrected chi connectivity index (χ0v) is 12.0. The zero-order chi connectivity index (χ0) is 14.4. The molecule has 0 aliphatic carbocycles. The molecule has 1 atom stereocenters. The standard InChI is InChI=1S/C15H23N3O2/c1-20-14-4-2-13(3-5-14)17-15(19)11-18-9-7-12(10-18)6-8-16/h2-5,12H,6-11,16H2,1H3,(H,17,19). The van der Waals surface area contributed by atoms with Crippen molar-refractivity contribution in [1.82, 2.24) is 4.90 Å². The number of nitrogens with one attached hydrogen (secondary N) is 1. The Morgan fingerprint density at radius 1 is 1.45 bits per heavy atom. The van der Waals surface area contributed by atoms with E-state index in [-0.39, 0.29) is 5.91 Å². The van der Waals surface area contributed by atoms with Gasteiger partial charge in [0.15, 0.2) is 0 Å². The Kier molecular flexibility index (Phi) is 5.38. The molecule has 0 spiro atoms. The number of amides is 1. The first-order chi connectivity index (χ1) is 9.71. The maximum absolute atomic E-state index is 12.0. The van der Waals surface area contributed by atoms with Crippen molar-refractivity contribution in [2.24, 2.45) is 11.7 Å². The number of ether oxygens (including phenoxy) is 1. The third-order valence-corrected chi connectivity index (χ3v) is 3.69. The van der Waals surface area contributed by atoms with E-state index in [4.69, 9.17) is 10.5 Å². The number of carbonyl (C=O) groups is 1. The molecular formula is C15H23N3O2. The highest BCUT2D eigenvalue weighted by Crippen LogP contribution is 2.19. The van der Waals surface area contributed by atoms with Crippen molar-refractivity contribution >= 4 is 11.6 Å². The maximum Gasteiger partial charge on any atom is 0.238 e. The van der Waals surface area contributed by atoms with Gasteiger partial charge in [-0.15, -0.1) is 0 Å².